The van der Waals surface area contributed by atoms with Crippen LogP contribution in [-0.4, -0.2) is 36.7 Å². The molecule has 8 nitrogen and oxygen atoms in total. The van der Waals surface area contributed by atoms with Crippen LogP contribution in [0.4, 0.5) is 5.69 Å². The molecule has 0 bridgehead atoms. The molecule has 0 aromatic heterocycles. The third-order valence-corrected chi connectivity index (χ3v) is 4.12. The summed E-state index contributed by atoms with van der Waals surface area (Å²) in [7, 11) is -3.89. The van der Waals surface area contributed by atoms with Gasteiger partial charge >= 0.3 is 5.69 Å². The largest absolute Gasteiger partial charge is 0.502 e. The maximum absolute atomic E-state index is 11.9. The molecule has 0 spiro atoms. The third kappa shape index (κ3) is 4.15. The molecule has 9 heteroatoms. The lowest BCUT2D eigenvalue weighted by Crippen LogP contribution is -2.28. The summed E-state index contributed by atoms with van der Waals surface area (Å²) in [4.78, 5) is 9.50. The van der Waals surface area contributed by atoms with Crippen LogP contribution in [0.1, 0.15) is 13.3 Å². The van der Waals surface area contributed by atoms with Gasteiger partial charge < -0.3 is 10.2 Å². The SMILES string of the molecule is CC(CCO)CNS(=O)(=O)c1ccc(O)c([N+](=O)[O-])c1. The van der Waals surface area contributed by atoms with Crippen molar-refractivity contribution in [2.24, 2.45) is 5.92 Å². The first-order valence-corrected chi connectivity index (χ1v) is 7.34. The average molecular weight is 304 g/mol. The lowest BCUT2D eigenvalue weighted by Gasteiger charge is -2.11. The zero-order valence-corrected chi connectivity index (χ0v) is 11.6. The van der Waals surface area contributed by atoms with Crippen molar-refractivity contribution in [3.63, 3.8) is 0 Å². The molecule has 1 unspecified atom stereocenters. The van der Waals surface area contributed by atoms with Gasteiger partial charge in [0.25, 0.3) is 0 Å². The predicted octanol–water partition coefficient (Wildman–Crippen LogP) is 0.597. The molecule has 20 heavy (non-hydrogen) atoms. The molecule has 0 amide bonds. The molecule has 112 valence electrons. The van der Waals surface area contributed by atoms with E-state index in [1.54, 1.807) is 6.92 Å². The van der Waals surface area contributed by atoms with E-state index >= 15 is 0 Å². The molecule has 0 fully saturated rings. The van der Waals surface area contributed by atoms with Gasteiger partial charge in [-0.25, -0.2) is 13.1 Å². The van der Waals surface area contributed by atoms with Crippen molar-refractivity contribution >= 4 is 15.7 Å². The van der Waals surface area contributed by atoms with Crippen LogP contribution in [0.5, 0.6) is 5.75 Å². The lowest BCUT2D eigenvalue weighted by molar-refractivity contribution is -0.386. The summed E-state index contributed by atoms with van der Waals surface area (Å²) in [6.45, 7) is 1.82. The number of aliphatic hydroxyl groups excluding tert-OH is 1. The van der Waals surface area contributed by atoms with Crippen LogP contribution in [0.25, 0.3) is 0 Å². The highest BCUT2D eigenvalue weighted by Gasteiger charge is 2.21. The number of aromatic hydroxyl groups is 1. The quantitative estimate of drug-likeness (QED) is 0.499. The van der Waals surface area contributed by atoms with E-state index in [0.29, 0.717) is 6.42 Å². The zero-order valence-electron chi connectivity index (χ0n) is 10.8. The number of rotatable bonds is 7. The molecule has 0 aliphatic heterocycles. The molecule has 0 saturated heterocycles. The van der Waals surface area contributed by atoms with Crippen molar-refractivity contribution < 1.29 is 23.6 Å². The highest BCUT2D eigenvalue weighted by molar-refractivity contribution is 7.89. The van der Waals surface area contributed by atoms with Gasteiger partial charge in [0.05, 0.1) is 9.82 Å². The fraction of sp³-hybridized carbons (Fsp3) is 0.455. The molecule has 0 aliphatic carbocycles. The highest BCUT2D eigenvalue weighted by Crippen LogP contribution is 2.28. The second-order valence-corrected chi connectivity index (χ2v) is 6.14. The molecule has 0 heterocycles. The number of nitrogens with one attached hydrogen (secondary N) is 1. The number of hydrogen-bond acceptors (Lipinski definition) is 6. The molecule has 1 aromatic rings. The van der Waals surface area contributed by atoms with Crippen LogP contribution in [0.2, 0.25) is 0 Å². The fourth-order valence-corrected chi connectivity index (χ4v) is 2.66. The summed E-state index contributed by atoms with van der Waals surface area (Å²) < 4.78 is 26.2. The minimum Gasteiger partial charge on any atom is -0.502 e. The van der Waals surface area contributed by atoms with E-state index < -0.39 is 26.4 Å². The number of benzene rings is 1. The van der Waals surface area contributed by atoms with Gasteiger partial charge in [-0.3, -0.25) is 10.1 Å². The predicted molar refractivity (Wildman–Crippen MR) is 70.8 cm³/mol. The van der Waals surface area contributed by atoms with Gasteiger partial charge in [-0.05, 0) is 24.5 Å². The normalized spacial score (nSPS) is 13.1. The van der Waals surface area contributed by atoms with Gasteiger partial charge in [0.2, 0.25) is 10.0 Å². The van der Waals surface area contributed by atoms with Crippen molar-refractivity contribution in [1.29, 1.82) is 0 Å². The minimum atomic E-state index is -3.89. The van der Waals surface area contributed by atoms with E-state index in [1.165, 1.54) is 0 Å². The van der Waals surface area contributed by atoms with Crippen molar-refractivity contribution in [3.8, 4) is 5.75 Å². The van der Waals surface area contributed by atoms with E-state index in [1.807, 2.05) is 0 Å². The molecule has 0 aliphatic rings. The number of phenolic OH excluding ortho intramolecular Hbond substituents is 1. The van der Waals surface area contributed by atoms with Crippen LogP contribution >= 0.6 is 0 Å². The van der Waals surface area contributed by atoms with Gasteiger partial charge in [0.1, 0.15) is 0 Å². The Balaban J connectivity index is 2.93. The number of hydrogen-bond donors (Lipinski definition) is 3. The van der Waals surface area contributed by atoms with E-state index in [-0.39, 0.29) is 24.0 Å². The van der Waals surface area contributed by atoms with Crippen molar-refractivity contribution in [2.75, 3.05) is 13.2 Å². The second kappa shape index (κ2) is 6.64. The first kappa shape index (κ1) is 16.3. The highest BCUT2D eigenvalue weighted by atomic mass is 32.2. The van der Waals surface area contributed by atoms with Crippen LogP contribution in [0.15, 0.2) is 23.1 Å². The number of nitro groups is 1. The monoisotopic (exact) mass is 304 g/mol. The molecular weight excluding hydrogens is 288 g/mol. The Labute approximate surface area is 116 Å². The Morgan fingerprint density at radius 3 is 2.65 bits per heavy atom. The Kier molecular flexibility index (Phi) is 5.43. The van der Waals surface area contributed by atoms with Crippen LogP contribution in [-0.2, 0) is 10.0 Å². The average Bonchev–Trinajstić information content (AvgIpc) is 2.37. The number of nitrogens with zero attached hydrogens (tertiary/aromatic N) is 1. The zero-order chi connectivity index (χ0) is 15.3. The summed E-state index contributed by atoms with van der Waals surface area (Å²) in [5.41, 5.74) is -0.670. The van der Waals surface area contributed by atoms with Crippen LogP contribution < -0.4 is 4.72 Å². The summed E-state index contributed by atoms with van der Waals surface area (Å²) in [6, 6.07) is 2.85. The summed E-state index contributed by atoms with van der Waals surface area (Å²) >= 11 is 0. The molecule has 0 saturated carbocycles. The maximum atomic E-state index is 11.9. The summed E-state index contributed by atoms with van der Waals surface area (Å²) in [5, 5.41) is 28.7. The standard InChI is InChI=1S/C11H16N2O6S/c1-8(4-5-14)7-12-20(18,19)9-2-3-11(15)10(6-9)13(16)17/h2-3,6,8,12,14-15H,4-5,7H2,1H3. The molecule has 1 atom stereocenters. The molecular formula is C11H16N2O6S. The minimum absolute atomic E-state index is 0.0480. The summed E-state index contributed by atoms with van der Waals surface area (Å²) in [5.74, 6) is -0.663. The Hall–Kier alpha value is -1.71. The van der Waals surface area contributed by atoms with Gasteiger partial charge in [-0.15, -0.1) is 0 Å². The van der Waals surface area contributed by atoms with Crippen LogP contribution in [0.3, 0.4) is 0 Å². The van der Waals surface area contributed by atoms with E-state index in [9.17, 15) is 23.6 Å². The lowest BCUT2D eigenvalue weighted by atomic mass is 10.1. The van der Waals surface area contributed by atoms with Gasteiger partial charge in [-0.2, -0.15) is 0 Å². The van der Waals surface area contributed by atoms with Crippen molar-refractivity contribution in [1.82, 2.24) is 4.72 Å². The number of phenols is 1. The maximum Gasteiger partial charge on any atom is 0.312 e. The number of nitro benzene ring substituents is 1. The van der Waals surface area contributed by atoms with E-state index in [0.717, 1.165) is 18.2 Å². The molecule has 1 rings (SSSR count). The smallest absolute Gasteiger partial charge is 0.312 e. The molecule has 1 aromatic carbocycles. The van der Waals surface area contributed by atoms with E-state index in [4.69, 9.17) is 5.11 Å². The van der Waals surface area contributed by atoms with Gasteiger partial charge in [-0.1, -0.05) is 6.92 Å². The molecule has 3 N–H and O–H groups in total. The second-order valence-electron chi connectivity index (χ2n) is 4.38. The topological polar surface area (TPSA) is 130 Å². The Morgan fingerprint density at radius 2 is 2.10 bits per heavy atom. The number of sulfonamides is 1. The first-order chi connectivity index (χ1) is 9.27. The molecule has 0 radical (unpaired) electrons. The van der Waals surface area contributed by atoms with Crippen LogP contribution in [0, 0.1) is 16.0 Å². The van der Waals surface area contributed by atoms with Gasteiger partial charge in [0.15, 0.2) is 5.75 Å². The number of aliphatic hydroxyl groups is 1. The van der Waals surface area contributed by atoms with Crippen molar-refractivity contribution in [2.45, 2.75) is 18.2 Å². The Morgan fingerprint density at radius 1 is 1.45 bits per heavy atom. The Bertz CT molecular complexity index is 587. The third-order valence-electron chi connectivity index (χ3n) is 2.70. The summed E-state index contributed by atoms with van der Waals surface area (Å²) in [6.07, 6.45) is 0.443. The van der Waals surface area contributed by atoms with Crippen molar-refractivity contribution in [3.05, 3.63) is 28.3 Å². The fourth-order valence-electron chi connectivity index (χ4n) is 1.47. The van der Waals surface area contributed by atoms with E-state index in [2.05, 4.69) is 4.72 Å². The first-order valence-electron chi connectivity index (χ1n) is 5.86. The van der Waals surface area contributed by atoms with Gasteiger partial charge in [0, 0.05) is 19.2 Å².